The first-order valence-corrected chi connectivity index (χ1v) is 9.29. The third-order valence-electron chi connectivity index (χ3n) is 5.32. The van der Waals surface area contributed by atoms with Crippen molar-refractivity contribution in [1.82, 2.24) is 4.90 Å². The normalized spacial score (nSPS) is 15.9. The Morgan fingerprint density at radius 2 is 2.04 bits per heavy atom. The van der Waals surface area contributed by atoms with Crippen LogP contribution in [0.5, 0.6) is 0 Å². The molecule has 0 bridgehead atoms. The van der Waals surface area contributed by atoms with Gasteiger partial charge in [-0.05, 0) is 38.0 Å². The van der Waals surface area contributed by atoms with Crippen LogP contribution >= 0.6 is 11.6 Å². The van der Waals surface area contributed by atoms with E-state index in [-0.39, 0.29) is 5.76 Å². The van der Waals surface area contributed by atoms with Crippen LogP contribution in [0, 0.1) is 18.3 Å². The van der Waals surface area contributed by atoms with Crippen LogP contribution in [0.1, 0.15) is 48.2 Å². The monoisotopic (exact) mass is 388 g/mol. The van der Waals surface area contributed by atoms with Gasteiger partial charge in [-0.15, -0.1) is 0 Å². The number of carbonyl (C=O) groups excluding carboxylic acids is 2. The molecule has 142 valence electrons. The van der Waals surface area contributed by atoms with Gasteiger partial charge in [-0.2, -0.15) is 5.26 Å². The molecule has 1 fully saturated rings. The molecule has 1 amide bonds. The number of esters is 1. The molecular weight excluding hydrogens is 368 g/mol. The molecule has 2 aromatic rings. The smallest absolute Gasteiger partial charge is 0.375 e. The molecule has 0 atom stereocenters. The molecule has 27 heavy (non-hydrogen) atoms. The molecule has 1 aromatic carbocycles. The zero-order chi connectivity index (χ0) is 19.6. The van der Waals surface area contributed by atoms with E-state index in [2.05, 4.69) is 6.07 Å². The van der Waals surface area contributed by atoms with Gasteiger partial charge < -0.3 is 14.1 Å². The molecule has 7 heteroatoms. The van der Waals surface area contributed by atoms with Crippen LogP contribution in [0.3, 0.4) is 0 Å². The number of rotatable bonds is 4. The number of fused-ring (bicyclic) bond motifs is 1. The summed E-state index contributed by atoms with van der Waals surface area (Å²) in [6.45, 7) is 1.30. The van der Waals surface area contributed by atoms with Crippen molar-refractivity contribution in [3.63, 3.8) is 0 Å². The molecule has 1 heterocycles. The highest BCUT2D eigenvalue weighted by molar-refractivity contribution is 6.31. The first kappa shape index (κ1) is 19.2. The number of furan rings is 1. The maximum absolute atomic E-state index is 12.5. The number of nitrogens with zero attached hydrogens (tertiary/aromatic N) is 2. The lowest BCUT2D eigenvalue weighted by Crippen LogP contribution is -2.51. The highest BCUT2D eigenvalue weighted by Crippen LogP contribution is 2.32. The summed E-state index contributed by atoms with van der Waals surface area (Å²) in [6, 6.07) is 7.35. The van der Waals surface area contributed by atoms with E-state index in [0.717, 1.165) is 24.6 Å². The van der Waals surface area contributed by atoms with Crippen molar-refractivity contribution in [3.05, 3.63) is 34.5 Å². The van der Waals surface area contributed by atoms with Crippen LogP contribution in [-0.4, -0.2) is 36.0 Å². The highest BCUT2D eigenvalue weighted by atomic mass is 35.5. The van der Waals surface area contributed by atoms with Crippen molar-refractivity contribution in [1.29, 1.82) is 5.26 Å². The Hall–Kier alpha value is -2.52. The van der Waals surface area contributed by atoms with Crippen LogP contribution in [0.4, 0.5) is 0 Å². The lowest BCUT2D eigenvalue weighted by molar-refractivity contribution is -0.138. The predicted octanol–water partition coefficient (Wildman–Crippen LogP) is 4.24. The maximum atomic E-state index is 12.5. The van der Waals surface area contributed by atoms with Crippen molar-refractivity contribution < 1.29 is 18.7 Å². The second-order valence-corrected chi connectivity index (χ2v) is 7.37. The summed E-state index contributed by atoms with van der Waals surface area (Å²) in [7, 11) is 1.60. The quantitative estimate of drug-likeness (QED) is 0.731. The van der Waals surface area contributed by atoms with Gasteiger partial charge in [0.15, 0.2) is 6.61 Å². The molecule has 0 aliphatic heterocycles. The fourth-order valence-electron chi connectivity index (χ4n) is 3.58. The average Bonchev–Trinajstić information content (AvgIpc) is 3.02. The second-order valence-electron chi connectivity index (χ2n) is 6.93. The summed E-state index contributed by atoms with van der Waals surface area (Å²) < 4.78 is 10.7. The molecule has 0 unspecified atom stereocenters. The number of hydrogen-bond donors (Lipinski definition) is 0. The maximum Gasteiger partial charge on any atom is 0.375 e. The number of carbonyl (C=O) groups is 2. The first-order chi connectivity index (χ1) is 12.9. The summed E-state index contributed by atoms with van der Waals surface area (Å²) >= 11 is 5.98. The van der Waals surface area contributed by atoms with E-state index in [0.29, 0.717) is 29.0 Å². The second kappa shape index (κ2) is 7.61. The molecule has 1 aromatic heterocycles. The Bertz CT molecular complexity index is 922. The summed E-state index contributed by atoms with van der Waals surface area (Å²) in [5, 5.41) is 10.8. The van der Waals surface area contributed by atoms with Gasteiger partial charge in [0.05, 0.1) is 6.07 Å². The highest BCUT2D eigenvalue weighted by Gasteiger charge is 2.39. The lowest BCUT2D eigenvalue weighted by atomic mass is 9.81. The first-order valence-electron chi connectivity index (χ1n) is 8.92. The van der Waals surface area contributed by atoms with Crippen molar-refractivity contribution >= 4 is 34.4 Å². The Balaban J connectivity index is 1.69. The number of hydrogen-bond acceptors (Lipinski definition) is 5. The SMILES string of the molecule is Cc1c(C(=O)OCC(=O)N(C)C2(C#N)CCCCC2)oc2ccc(Cl)cc12. The van der Waals surface area contributed by atoms with Gasteiger partial charge in [-0.3, -0.25) is 4.79 Å². The minimum atomic E-state index is -0.812. The minimum Gasteiger partial charge on any atom is -0.450 e. The number of benzene rings is 1. The molecular formula is C20H21ClN2O4. The molecule has 0 saturated heterocycles. The van der Waals surface area contributed by atoms with Gasteiger partial charge in [0.1, 0.15) is 11.1 Å². The van der Waals surface area contributed by atoms with E-state index in [9.17, 15) is 14.9 Å². The summed E-state index contributed by atoms with van der Waals surface area (Å²) in [5.41, 5.74) is 0.324. The van der Waals surface area contributed by atoms with Crippen LogP contribution in [-0.2, 0) is 9.53 Å². The van der Waals surface area contributed by atoms with E-state index in [1.165, 1.54) is 4.90 Å². The van der Waals surface area contributed by atoms with Gasteiger partial charge in [0.2, 0.25) is 5.76 Å². The Morgan fingerprint density at radius 1 is 1.33 bits per heavy atom. The minimum absolute atomic E-state index is 0.0513. The molecule has 6 nitrogen and oxygen atoms in total. The number of nitriles is 1. The fraction of sp³-hybridized carbons (Fsp3) is 0.450. The van der Waals surface area contributed by atoms with Gasteiger partial charge in [-0.25, -0.2) is 4.79 Å². The van der Waals surface area contributed by atoms with Crippen molar-refractivity contribution in [3.8, 4) is 6.07 Å². The largest absolute Gasteiger partial charge is 0.450 e. The van der Waals surface area contributed by atoms with Gasteiger partial charge in [0.25, 0.3) is 5.91 Å². The topological polar surface area (TPSA) is 83.5 Å². The number of aryl methyl sites for hydroxylation is 1. The van der Waals surface area contributed by atoms with Crippen molar-refractivity contribution in [2.45, 2.75) is 44.6 Å². The Labute approximate surface area is 162 Å². The van der Waals surface area contributed by atoms with E-state index in [4.69, 9.17) is 20.8 Å². The molecule has 0 spiro atoms. The van der Waals surface area contributed by atoms with Crippen LogP contribution in [0.25, 0.3) is 11.0 Å². The zero-order valence-corrected chi connectivity index (χ0v) is 16.1. The summed E-state index contributed by atoms with van der Waals surface area (Å²) in [6.07, 6.45) is 4.17. The zero-order valence-electron chi connectivity index (χ0n) is 15.4. The average molecular weight is 389 g/mol. The number of halogens is 1. The number of ether oxygens (including phenoxy) is 1. The molecule has 0 radical (unpaired) electrons. The number of amides is 1. The van der Waals surface area contributed by atoms with Crippen molar-refractivity contribution in [2.75, 3.05) is 13.7 Å². The van der Waals surface area contributed by atoms with Crippen LogP contribution in [0.15, 0.2) is 22.6 Å². The fourth-order valence-corrected chi connectivity index (χ4v) is 3.75. The molecule has 1 aliphatic carbocycles. The number of likely N-dealkylation sites (N-methyl/N-ethyl adjacent to an activating group) is 1. The van der Waals surface area contributed by atoms with E-state index >= 15 is 0 Å². The van der Waals surface area contributed by atoms with Gasteiger partial charge in [0, 0.05) is 23.0 Å². The Morgan fingerprint density at radius 3 is 2.70 bits per heavy atom. The molecule has 0 N–H and O–H groups in total. The third kappa shape index (κ3) is 3.65. The van der Waals surface area contributed by atoms with Gasteiger partial charge >= 0.3 is 5.97 Å². The van der Waals surface area contributed by atoms with E-state index in [1.807, 2.05) is 0 Å². The van der Waals surface area contributed by atoms with Crippen molar-refractivity contribution in [2.24, 2.45) is 0 Å². The summed E-state index contributed by atoms with van der Waals surface area (Å²) in [4.78, 5) is 26.3. The van der Waals surface area contributed by atoms with E-state index < -0.39 is 24.0 Å². The summed E-state index contributed by atoms with van der Waals surface area (Å²) in [5.74, 6) is -1.06. The van der Waals surface area contributed by atoms with Gasteiger partial charge in [-0.1, -0.05) is 30.9 Å². The third-order valence-corrected chi connectivity index (χ3v) is 5.55. The predicted molar refractivity (Wildman–Crippen MR) is 100 cm³/mol. The van der Waals surface area contributed by atoms with Crippen LogP contribution in [0.2, 0.25) is 5.02 Å². The lowest BCUT2D eigenvalue weighted by Gasteiger charge is -2.38. The van der Waals surface area contributed by atoms with Crippen LogP contribution < -0.4 is 0 Å². The molecule has 1 aliphatic rings. The standard InChI is InChI=1S/C20H21ClN2O4/c1-13-15-10-14(21)6-7-16(15)27-18(13)19(25)26-11-17(24)23(2)20(12-22)8-4-3-5-9-20/h6-7,10H,3-5,8-9,11H2,1-2H3. The Kier molecular flexibility index (Phi) is 5.43. The molecule has 3 rings (SSSR count). The van der Waals surface area contributed by atoms with E-state index in [1.54, 1.807) is 32.2 Å². The molecule has 1 saturated carbocycles.